The lowest BCUT2D eigenvalue weighted by Gasteiger charge is -2.18. The van der Waals surface area contributed by atoms with E-state index in [9.17, 15) is 14.8 Å². The first kappa shape index (κ1) is 14.2. The van der Waals surface area contributed by atoms with Gasteiger partial charge in [-0.2, -0.15) is 0 Å². The van der Waals surface area contributed by atoms with E-state index >= 15 is 0 Å². The molecule has 2 aromatic rings. The smallest absolute Gasteiger partial charge is 0.268 e. The number of carbonyl (C=O) groups is 2. The Morgan fingerprint density at radius 1 is 1.18 bits per heavy atom. The molecule has 0 aromatic heterocycles. The van der Waals surface area contributed by atoms with Crippen LogP contribution in [0, 0.1) is 0 Å². The van der Waals surface area contributed by atoms with Crippen molar-refractivity contribution in [1.29, 1.82) is 0 Å². The molecule has 0 fully saturated rings. The third-order valence-corrected chi connectivity index (χ3v) is 3.49. The molecule has 0 radical (unpaired) electrons. The highest BCUT2D eigenvalue weighted by atomic mass is 16.5. The molecule has 0 aliphatic carbocycles. The summed E-state index contributed by atoms with van der Waals surface area (Å²) >= 11 is 0. The Morgan fingerprint density at radius 3 is 2.59 bits per heavy atom. The van der Waals surface area contributed by atoms with Gasteiger partial charge < -0.3 is 0 Å². The van der Waals surface area contributed by atoms with Crippen LogP contribution in [0.25, 0.3) is 5.70 Å². The summed E-state index contributed by atoms with van der Waals surface area (Å²) in [4.78, 5) is 27.4. The maximum atomic E-state index is 11.8. The second-order valence-electron chi connectivity index (χ2n) is 5.07. The van der Waals surface area contributed by atoms with Gasteiger partial charge in [-0.05, 0) is 25.1 Å². The number of Topliss-reactive ketones (excluding diaryl/α,β-unsaturated/α-hetero) is 1. The van der Waals surface area contributed by atoms with Gasteiger partial charge in [-0.25, -0.2) is 10.1 Å². The second kappa shape index (κ2) is 5.54. The Labute approximate surface area is 126 Å². The summed E-state index contributed by atoms with van der Waals surface area (Å²) in [5, 5.41) is 12.2. The zero-order chi connectivity index (χ0) is 15.7. The van der Waals surface area contributed by atoms with E-state index in [2.05, 4.69) is 4.99 Å². The molecule has 3 rings (SSSR count). The number of amides is 1. The van der Waals surface area contributed by atoms with Crippen molar-refractivity contribution in [3.05, 3.63) is 70.2 Å². The van der Waals surface area contributed by atoms with Crippen LogP contribution in [0.3, 0.4) is 0 Å². The second-order valence-corrected chi connectivity index (χ2v) is 5.07. The maximum absolute atomic E-state index is 11.8. The van der Waals surface area contributed by atoms with Crippen LogP contribution in [-0.4, -0.2) is 28.5 Å². The average Bonchev–Trinajstić information content (AvgIpc) is 2.61. The zero-order valence-corrected chi connectivity index (χ0v) is 12.0. The van der Waals surface area contributed by atoms with E-state index in [-0.39, 0.29) is 12.3 Å². The van der Waals surface area contributed by atoms with E-state index in [1.807, 2.05) is 30.3 Å². The van der Waals surface area contributed by atoms with Crippen LogP contribution in [0.5, 0.6) is 0 Å². The first-order valence-electron chi connectivity index (χ1n) is 6.85. The molecule has 0 spiro atoms. The number of benzene rings is 2. The fourth-order valence-electron chi connectivity index (χ4n) is 2.46. The number of hydrogen-bond donors (Lipinski definition) is 1. The highest BCUT2D eigenvalue weighted by molar-refractivity contribution is 5.94. The third-order valence-electron chi connectivity index (χ3n) is 3.49. The summed E-state index contributed by atoms with van der Waals surface area (Å²) in [6.45, 7) is 1.24. The van der Waals surface area contributed by atoms with Gasteiger partial charge in [0.1, 0.15) is 6.54 Å². The fraction of sp³-hybridized carbons (Fsp3) is 0.118. The van der Waals surface area contributed by atoms with E-state index in [1.165, 1.54) is 6.92 Å². The number of fused-ring (bicyclic) bond motifs is 1. The van der Waals surface area contributed by atoms with Crippen LogP contribution in [-0.2, 0) is 4.79 Å². The molecule has 22 heavy (non-hydrogen) atoms. The summed E-state index contributed by atoms with van der Waals surface area (Å²) in [6.07, 6.45) is 0. The molecule has 110 valence electrons. The molecule has 5 heteroatoms. The van der Waals surface area contributed by atoms with Gasteiger partial charge in [0.25, 0.3) is 5.91 Å². The summed E-state index contributed by atoms with van der Waals surface area (Å²) in [5.41, 5.74) is 1.72. The molecule has 1 N–H and O–H groups in total. The Kier molecular flexibility index (Phi) is 3.56. The van der Waals surface area contributed by atoms with Crippen molar-refractivity contribution in [2.75, 3.05) is 6.54 Å². The molecule has 2 aromatic carbocycles. The monoisotopic (exact) mass is 294 g/mol. The van der Waals surface area contributed by atoms with Gasteiger partial charge in [-0.3, -0.25) is 14.8 Å². The lowest BCUT2D eigenvalue weighted by Crippen LogP contribution is -2.32. The molecule has 1 heterocycles. The minimum absolute atomic E-state index is 0.0877. The molecule has 0 unspecified atom stereocenters. The lowest BCUT2D eigenvalue weighted by atomic mass is 10.1. The predicted octanol–water partition coefficient (Wildman–Crippen LogP) is 0.897. The highest BCUT2D eigenvalue weighted by Gasteiger charge is 2.18. The van der Waals surface area contributed by atoms with Crippen molar-refractivity contribution < 1.29 is 14.8 Å². The summed E-state index contributed by atoms with van der Waals surface area (Å²) in [7, 11) is 0. The Morgan fingerprint density at radius 2 is 1.91 bits per heavy atom. The number of hydroxylamine groups is 2. The number of rotatable bonds is 2. The van der Waals surface area contributed by atoms with Gasteiger partial charge in [0.2, 0.25) is 0 Å². The molecule has 1 aliphatic heterocycles. The Hall–Kier alpha value is -2.79. The number of carbonyl (C=O) groups excluding carboxylic acids is 2. The molecule has 0 saturated carbocycles. The molecule has 0 saturated heterocycles. The van der Waals surface area contributed by atoms with E-state index in [4.69, 9.17) is 0 Å². The zero-order valence-electron chi connectivity index (χ0n) is 12.0. The number of nitrogens with zero attached hydrogens (tertiary/aromatic N) is 2. The number of hydrogen-bond acceptors (Lipinski definition) is 4. The van der Waals surface area contributed by atoms with E-state index in [0.29, 0.717) is 21.8 Å². The number of ketones is 1. The normalized spacial score (nSPS) is 14.2. The molecule has 5 nitrogen and oxygen atoms in total. The minimum Gasteiger partial charge on any atom is -0.295 e. The van der Waals surface area contributed by atoms with Crippen molar-refractivity contribution in [3.63, 3.8) is 0 Å². The van der Waals surface area contributed by atoms with Crippen molar-refractivity contribution in [2.45, 2.75) is 6.92 Å². The van der Waals surface area contributed by atoms with E-state index in [0.717, 1.165) is 10.6 Å². The minimum atomic E-state index is -0.440. The van der Waals surface area contributed by atoms with Crippen LogP contribution < -0.4 is 10.6 Å². The molecular weight excluding hydrogens is 280 g/mol. The standard InChI is InChI=1S/C17H14N2O3/c1-11(20)13-7-8-15-14(9-13)17(12-5-3-2-4-6-12)19(22)10-16(21)18-15/h2-9,22H,10H2,1H3. The summed E-state index contributed by atoms with van der Waals surface area (Å²) < 4.78 is 0. The Balaban J connectivity index is 2.43. The quantitative estimate of drug-likeness (QED) is 0.835. The van der Waals surface area contributed by atoms with E-state index in [1.54, 1.807) is 18.2 Å². The first-order valence-corrected chi connectivity index (χ1v) is 6.85. The highest BCUT2D eigenvalue weighted by Crippen LogP contribution is 2.15. The maximum Gasteiger partial charge on any atom is 0.268 e. The van der Waals surface area contributed by atoms with Gasteiger partial charge in [-0.1, -0.05) is 30.3 Å². The van der Waals surface area contributed by atoms with Crippen molar-refractivity contribution in [2.24, 2.45) is 4.99 Å². The first-order chi connectivity index (χ1) is 10.6. The van der Waals surface area contributed by atoms with Gasteiger partial charge >= 0.3 is 0 Å². The molecule has 1 aliphatic rings. The summed E-state index contributed by atoms with van der Waals surface area (Å²) in [6, 6.07) is 14.1. The third kappa shape index (κ3) is 2.54. The predicted molar refractivity (Wildman–Crippen MR) is 79.7 cm³/mol. The van der Waals surface area contributed by atoms with Crippen LogP contribution in [0.2, 0.25) is 0 Å². The van der Waals surface area contributed by atoms with Crippen LogP contribution >= 0.6 is 0 Å². The average molecular weight is 294 g/mol. The SMILES string of the molecule is CC(=O)c1ccc2c(c1)=C(c1ccccc1)N(O)CC(=O)N=2. The van der Waals surface area contributed by atoms with Gasteiger partial charge in [0, 0.05) is 16.3 Å². The van der Waals surface area contributed by atoms with Crippen molar-refractivity contribution in [3.8, 4) is 0 Å². The van der Waals surface area contributed by atoms with Crippen molar-refractivity contribution >= 4 is 17.4 Å². The molecular formula is C17H14N2O3. The largest absolute Gasteiger partial charge is 0.295 e. The molecule has 1 amide bonds. The fourth-order valence-corrected chi connectivity index (χ4v) is 2.46. The molecule has 0 atom stereocenters. The molecule has 0 bridgehead atoms. The van der Waals surface area contributed by atoms with Gasteiger partial charge in [-0.15, -0.1) is 0 Å². The van der Waals surface area contributed by atoms with Crippen LogP contribution in [0.4, 0.5) is 0 Å². The van der Waals surface area contributed by atoms with Crippen LogP contribution in [0.1, 0.15) is 22.8 Å². The Bertz CT molecular complexity index is 873. The van der Waals surface area contributed by atoms with Crippen LogP contribution in [0.15, 0.2) is 53.5 Å². The van der Waals surface area contributed by atoms with E-state index < -0.39 is 5.91 Å². The van der Waals surface area contributed by atoms with Gasteiger partial charge in [0.05, 0.1) is 11.1 Å². The lowest BCUT2D eigenvalue weighted by molar-refractivity contribution is -0.125. The van der Waals surface area contributed by atoms with Crippen molar-refractivity contribution in [1.82, 2.24) is 5.06 Å². The van der Waals surface area contributed by atoms with Gasteiger partial charge in [0.15, 0.2) is 5.78 Å². The summed E-state index contributed by atoms with van der Waals surface area (Å²) in [5.74, 6) is -0.527. The topological polar surface area (TPSA) is 70.0 Å².